The lowest BCUT2D eigenvalue weighted by Crippen LogP contribution is -2.33. The number of imide groups is 1. The Bertz CT molecular complexity index is 1110. The Balaban J connectivity index is 1.80. The monoisotopic (exact) mass is 396 g/mol. The molecule has 0 bridgehead atoms. The molecule has 0 fully saturated rings. The molecule has 4 rings (SSSR count). The number of amides is 2. The molecular formula is C21H14F2N2O2S. The van der Waals surface area contributed by atoms with E-state index in [1.807, 2.05) is 19.1 Å². The van der Waals surface area contributed by atoms with Crippen LogP contribution >= 0.6 is 11.3 Å². The van der Waals surface area contributed by atoms with Crippen LogP contribution in [0, 0.1) is 18.6 Å². The van der Waals surface area contributed by atoms with Crippen molar-refractivity contribution in [1.29, 1.82) is 0 Å². The van der Waals surface area contributed by atoms with Crippen molar-refractivity contribution >= 4 is 40.1 Å². The number of rotatable bonds is 4. The number of carbonyl (C=O) groups is 2. The third-order valence-corrected chi connectivity index (χ3v) is 5.21. The number of hydrogen-bond donors (Lipinski definition) is 1. The molecule has 1 aromatic heterocycles. The smallest absolute Gasteiger partial charge is 0.282 e. The first-order valence-corrected chi connectivity index (χ1v) is 9.29. The minimum absolute atomic E-state index is 0.0556. The van der Waals surface area contributed by atoms with Gasteiger partial charge in [-0.25, -0.2) is 13.7 Å². The topological polar surface area (TPSA) is 49.4 Å². The highest BCUT2D eigenvalue weighted by Gasteiger charge is 2.41. The predicted molar refractivity (Wildman–Crippen MR) is 105 cm³/mol. The van der Waals surface area contributed by atoms with Crippen LogP contribution in [0.3, 0.4) is 0 Å². The van der Waals surface area contributed by atoms with Crippen molar-refractivity contribution in [1.82, 2.24) is 0 Å². The summed E-state index contributed by atoms with van der Waals surface area (Å²) in [5.41, 5.74) is 1.59. The molecule has 4 nitrogen and oxygen atoms in total. The zero-order valence-corrected chi connectivity index (χ0v) is 15.5. The summed E-state index contributed by atoms with van der Waals surface area (Å²) in [6.07, 6.45) is 0. The Labute approximate surface area is 163 Å². The predicted octanol–water partition coefficient (Wildman–Crippen LogP) is 4.73. The van der Waals surface area contributed by atoms with Gasteiger partial charge in [-0.05, 0) is 42.6 Å². The van der Waals surface area contributed by atoms with Gasteiger partial charge in [-0.15, -0.1) is 11.3 Å². The van der Waals surface area contributed by atoms with E-state index in [1.165, 1.54) is 11.3 Å². The molecule has 1 N–H and O–H groups in total. The minimum atomic E-state index is -0.983. The minimum Gasteiger partial charge on any atom is -0.350 e. The van der Waals surface area contributed by atoms with E-state index in [4.69, 9.17) is 0 Å². The molecule has 2 aromatic carbocycles. The fraction of sp³-hybridized carbons (Fsp3) is 0.0476. The summed E-state index contributed by atoms with van der Waals surface area (Å²) >= 11 is 1.30. The lowest BCUT2D eigenvalue weighted by molar-refractivity contribution is -0.120. The second-order valence-electron chi connectivity index (χ2n) is 6.26. The van der Waals surface area contributed by atoms with Crippen LogP contribution in [0.25, 0.3) is 5.57 Å². The molecule has 1 aliphatic heterocycles. The van der Waals surface area contributed by atoms with Crippen LogP contribution < -0.4 is 10.2 Å². The molecule has 1 aliphatic rings. The van der Waals surface area contributed by atoms with Crippen molar-refractivity contribution in [2.75, 3.05) is 10.2 Å². The molecular weight excluding hydrogens is 382 g/mol. The summed E-state index contributed by atoms with van der Waals surface area (Å²) < 4.78 is 27.6. The van der Waals surface area contributed by atoms with Gasteiger partial charge in [0.05, 0.1) is 11.3 Å². The quantitative estimate of drug-likeness (QED) is 0.649. The molecule has 3 aromatic rings. The number of hydrogen-bond acceptors (Lipinski definition) is 4. The SMILES string of the molecule is Cc1ccc(NC2=C(c3cccs3)C(=O)N(c3ccc(F)cc3F)C2=O)cc1. The second-order valence-corrected chi connectivity index (χ2v) is 7.21. The van der Waals surface area contributed by atoms with Gasteiger partial charge in [0.15, 0.2) is 0 Å². The Kier molecular flexibility index (Phi) is 4.52. The fourth-order valence-corrected chi connectivity index (χ4v) is 3.73. The van der Waals surface area contributed by atoms with Gasteiger partial charge >= 0.3 is 0 Å². The van der Waals surface area contributed by atoms with E-state index < -0.39 is 23.4 Å². The first-order chi connectivity index (χ1) is 13.5. The van der Waals surface area contributed by atoms with Crippen LogP contribution in [0.1, 0.15) is 10.4 Å². The first-order valence-electron chi connectivity index (χ1n) is 8.41. The van der Waals surface area contributed by atoms with Crippen LogP contribution in [0.15, 0.2) is 65.7 Å². The molecule has 0 saturated carbocycles. The van der Waals surface area contributed by atoms with E-state index in [-0.39, 0.29) is 17.0 Å². The molecule has 2 amide bonds. The molecule has 7 heteroatoms. The first kappa shape index (κ1) is 18.1. The van der Waals surface area contributed by atoms with E-state index in [2.05, 4.69) is 5.32 Å². The van der Waals surface area contributed by atoms with Crippen molar-refractivity contribution in [3.63, 3.8) is 0 Å². The fourth-order valence-electron chi connectivity index (χ4n) is 2.96. The normalized spacial score (nSPS) is 14.2. The van der Waals surface area contributed by atoms with Gasteiger partial charge in [0.2, 0.25) is 0 Å². The van der Waals surface area contributed by atoms with E-state index in [0.717, 1.165) is 22.6 Å². The van der Waals surface area contributed by atoms with Crippen LogP contribution in [-0.2, 0) is 9.59 Å². The number of nitrogens with zero attached hydrogens (tertiary/aromatic N) is 1. The van der Waals surface area contributed by atoms with Crippen LogP contribution in [0.2, 0.25) is 0 Å². The van der Waals surface area contributed by atoms with Crippen LogP contribution in [0.4, 0.5) is 20.2 Å². The Morgan fingerprint density at radius 1 is 0.964 bits per heavy atom. The maximum absolute atomic E-state index is 14.3. The largest absolute Gasteiger partial charge is 0.350 e. The second kappa shape index (κ2) is 7.01. The molecule has 0 aliphatic carbocycles. The highest BCUT2D eigenvalue weighted by Crippen LogP contribution is 2.36. The molecule has 2 heterocycles. The molecule has 0 radical (unpaired) electrons. The van der Waals surface area contributed by atoms with E-state index in [9.17, 15) is 18.4 Å². The Morgan fingerprint density at radius 2 is 1.71 bits per heavy atom. The molecule has 28 heavy (non-hydrogen) atoms. The van der Waals surface area contributed by atoms with Crippen molar-refractivity contribution in [3.05, 3.63) is 87.7 Å². The summed E-state index contributed by atoms with van der Waals surface area (Å²) in [5.74, 6) is -3.12. The number of benzene rings is 2. The van der Waals surface area contributed by atoms with Gasteiger partial charge in [-0.2, -0.15) is 0 Å². The summed E-state index contributed by atoms with van der Waals surface area (Å²) in [5, 5.41) is 4.78. The third kappa shape index (κ3) is 3.10. The number of halogens is 2. The lowest BCUT2D eigenvalue weighted by atomic mass is 10.1. The summed E-state index contributed by atoms with van der Waals surface area (Å²) in [7, 11) is 0. The molecule has 140 valence electrons. The maximum Gasteiger partial charge on any atom is 0.282 e. The molecule has 0 atom stereocenters. The lowest BCUT2D eigenvalue weighted by Gasteiger charge is -2.16. The number of carbonyl (C=O) groups excluding carboxylic acids is 2. The van der Waals surface area contributed by atoms with Crippen molar-refractivity contribution in [2.45, 2.75) is 6.92 Å². The van der Waals surface area contributed by atoms with Gasteiger partial charge in [0.25, 0.3) is 11.8 Å². The van der Waals surface area contributed by atoms with Crippen molar-refractivity contribution < 1.29 is 18.4 Å². The average molecular weight is 396 g/mol. The highest BCUT2D eigenvalue weighted by atomic mass is 32.1. The number of nitrogens with one attached hydrogen (secondary N) is 1. The van der Waals surface area contributed by atoms with Gasteiger partial charge in [-0.1, -0.05) is 23.8 Å². The van der Waals surface area contributed by atoms with Crippen LogP contribution in [0.5, 0.6) is 0 Å². The van der Waals surface area contributed by atoms with Crippen molar-refractivity contribution in [3.8, 4) is 0 Å². The van der Waals surface area contributed by atoms with E-state index in [1.54, 1.807) is 29.6 Å². The summed E-state index contributed by atoms with van der Waals surface area (Å²) in [6.45, 7) is 1.93. The van der Waals surface area contributed by atoms with E-state index >= 15 is 0 Å². The van der Waals surface area contributed by atoms with Gasteiger partial charge < -0.3 is 5.32 Å². The summed E-state index contributed by atoms with van der Waals surface area (Å²) in [4.78, 5) is 27.4. The Hall–Kier alpha value is -3.32. The maximum atomic E-state index is 14.3. The number of thiophene rings is 1. The van der Waals surface area contributed by atoms with Gasteiger partial charge in [0, 0.05) is 16.6 Å². The molecule has 0 spiro atoms. The van der Waals surface area contributed by atoms with Gasteiger partial charge in [0.1, 0.15) is 17.3 Å². The molecule has 0 unspecified atom stereocenters. The van der Waals surface area contributed by atoms with Crippen LogP contribution in [-0.4, -0.2) is 11.8 Å². The highest BCUT2D eigenvalue weighted by molar-refractivity contribution is 7.11. The van der Waals surface area contributed by atoms with Gasteiger partial charge in [-0.3, -0.25) is 9.59 Å². The van der Waals surface area contributed by atoms with Crippen molar-refractivity contribution in [2.24, 2.45) is 0 Å². The summed E-state index contributed by atoms with van der Waals surface area (Å²) in [6, 6.07) is 13.5. The van der Waals surface area contributed by atoms with E-state index in [0.29, 0.717) is 16.6 Å². The Morgan fingerprint density at radius 3 is 2.36 bits per heavy atom. The zero-order valence-electron chi connectivity index (χ0n) is 14.7. The standard InChI is InChI=1S/C21H14F2N2O2S/c1-12-4-7-14(8-5-12)24-19-18(17-3-2-10-28-17)20(26)25(21(19)27)16-9-6-13(22)11-15(16)23/h2-11,24H,1H3. The molecule has 0 saturated heterocycles. The zero-order chi connectivity index (χ0) is 19.8. The average Bonchev–Trinajstić information content (AvgIpc) is 3.25. The number of anilines is 2. The number of aryl methyl sites for hydroxylation is 1. The third-order valence-electron chi connectivity index (χ3n) is 4.32.